The van der Waals surface area contributed by atoms with Crippen molar-refractivity contribution in [1.29, 1.82) is 0 Å². The number of fused-ring (bicyclic) bond motifs is 1. The summed E-state index contributed by atoms with van der Waals surface area (Å²) in [7, 11) is 0. The number of hydrogen-bond donors (Lipinski definition) is 0. The summed E-state index contributed by atoms with van der Waals surface area (Å²) in [5.74, 6) is 1.59. The number of thiophene rings is 1. The van der Waals surface area contributed by atoms with Crippen LogP contribution in [0.1, 0.15) is 27.5 Å². The van der Waals surface area contributed by atoms with E-state index in [2.05, 4.69) is 21.6 Å². The van der Waals surface area contributed by atoms with Gasteiger partial charge < -0.3 is 14.1 Å². The Balaban J connectivity index is 1.28. The summed E-state index contributed by atoms with van der Waals surface area (Å²) in [6.45, 7) is 5.68. The van der Waals surface area contributed by atoms with Gasteiger partial charge in [0.05, 0.1) is 5.75 Å². The Hall–Kier alpha value is -2.32. The molecule has 4 rings (SSSR count). The number of ether oxygens (including phenoxy) is 1. The minimum atomic E-state index is 0.0910. The van der Waals surface area contributed by atoms with Crippen LogP contribution in [0.2, 0.25) is 0 Å². The van der Waals surface area contributed by atoms with Gasteiger partial charge in [0.2, 0.25) is 5.91 Å². The van der Waals surface area contributed by atoms with E-state index in [0.29, 0.717) is 23.4 Å². The highest BCUT2D eigenvalue weighted by Crippen LogP contribution is 2.25. The number of thioether (sulfide) groups is 1. The molecule has 3 heterocycles. The molecule has 0 N–H and O–H groups in total. The van der Waals surface area contributed by atoms with Crippen LogP contribution in [-0.4, -0.2) is 33.3 Å². The molecule has 8 heteroatoms. The smallest absolute Gasteiger partial charge is 0.277 e. The molecule has 1 aliphatic heterocycles. The van der Waals surface area contributed by atoms with Crippen LogP contribution < -0.4 is 4.74 Å². The van der Waals surface area contributed by atoms with Crippen molar-refractivity contribution in [3.63, 3.8) is 0 Å². The van der Waals surface area contributed by atoms with Gasteiger partial charge in [-0.1, -0.05) is 23.9 Å². The Morgan fingerprint density at radius 1 is 1.32 bits per heavy atom. The standard InChI is InChI=1S/C20H21N3O3S2/c1-13-3-4-14(2)16(9-13)25-11-18-21-22-20(26-18)28-12-19(24)23-7-5-17-15(10-23)6-8-27-17/h3-4,6,8-9H,5,7,10-12H2,1-2H3. The summed E-state index contributed by atoms with van der Waals surface area (Å²) in [6.07, 6.45) is 0.934. The van der Waals surface area contributed by atoms with E-state index < -0.39 is 0 Å². The highest BCUT2D eigenvalue weighted by atomic mass is 32.2. The van der Waals surface area contributed by atoms with Gasteiger partial charge in [-0.3, -0.25) is 4.79 Å². The lowest BCUT2D eigenvalue weighted by molar-refractivity contribution is -0.129. The number of carbonyl (C=O) groups excluding carboxylic acids is 1. The largest absolute Gasteiger partial charge is 0.484 e. The summed E-state index contributed by atoms with van der Waals surface area (Å²) < 4.78 is 11.4. The molecule has 0 radical (unpaired) electrons. The molecule has 6 nitrogen and oxygen atoms in total. The van der Waals surface area contributed by atoms with Crippen molar-refractivity contribution in [2.45, 2.75) is 38.6 Å². The maximum atomic E-state index is 12.5. The number of rotatable bonds is 6. The van der Waals surface area contributed by atoms with Crippen LogP contribution >= 0.6 is 23.1 Å². The van der Waals surface area contributed by atoms with Gasteiger partial charge in [-0.05, 0) is 54.5 Å². The zero-order valence-corrected chi connectivity index (χ0v) is 17.4. The molecule has 1 aliphatic rings. The molecule has 0 spiro atoms. The van der Waals surface area contributed by atoms with Crippen LogP contribution in [0.15, 0.2) is 39.3 Å². The Bertz CT molecular complexity index is 983. The van der Waals surface area contributed by atoms with E-state index in [9.17, 15) is 4.79 Å². The van der Waals surface area contributed by atoms with E-state index in [1.54, 1.807) is 11.3 Å². The number of aryl methyl sites for hydroxylation is 2. The predicted molar refractivity (Wildman–Crippen MR) is 109 cm³/mol. The third-order valence-corrected chi connectivity index (χ3v) is 6.45. The van der Waals surface area contributed by atoms with Crippen LogP contribution in [0.3, 0.4) is 0 Å². The molecule has 0 fully saturated rings. The molecule has 3 aromatic rings. The molecule has 0 unspecified atom stereocenters. The Kier molecular flexibility index (Phi) is 5.68. The van der Waals surface area contributed by atoms with E-state index >= 15 is 0 Å². The van der Waals surface area contributed by atoms with Crippen molar-refractivity contribution in [2.24, 2.45) is 0 Å². The van der Waals surface area contributed by atoms with Crippen molar-refractivity contribution in [2.75, 3.05) is 12.3 Å². The Morgan fingerprint density at radius 2 is 2.21 bits per heavy atom. The molecule has 146 valence electrons. The number of aromatic nitrogens is 2. The average molecular weight is 416 g/mol. The zero-order chi connectivity index (χ0) is 19.5. The lowest BCUT2D eigenvalue weighted by atomic mass is 10.1. The maximum absolute atomic E-state index is 12.5. The van der Waals surface area contributed by atoms with Crippen molar-refractivity contribution < 1.29 is 13.9 Å². The van der Waals surface area contributed by atoms with E-state index in [1.165, 1.54) is 22.2 Å². The van der Waals surface area contributed by atoms with E-state index in [-0.39, 0.29) is 12.5 Å². The summed E-state index contributed by atoms with van der Waals surface area (Å²) in [6, 6.07) is 8.15. The molecule has 2 aromatic heterocycles. The highest BCUT2D eigenvalue weighted by Gasteiger charge is 2.22. The van der Waals surface area contributed by atoms with Gasteiger partial charge in [0.1, 0.15) is 5.75 Å². The van der Waals surface area contributed by atoms with E-state index in [4.69, 9.17) is 9.15 Å². The zero-order valence-electron chi connectivity index (χ0n) is 15.8. The number of nitrogens with zero attached hydrogens (tertiary/aromatic N) is 3. The molecule has 0 saturated carbocycles. The summed E-state index contributed by atoms with van der Waals surface area (Å²) >= 11 is 3.04. The second kappa shape index (κ2) is 8.36. The van der Waals surface area contributed by atoms with Crippen LogP contribution in [-0.2, 0) is 24.4 Å². The first-order valence-electron chi connectivity index (χ1n) is 9.07. The molecule has 0 atom stereocenters. The quantitative estimate of drug-likeness (QED) is 0.567. The van der Waals surface area contributed by atoms with E-state index in [1.807, 2.05) is 36.9 Å². The lowest BCUT2D eigenvalue weighted by Crippen LogP contribution is -2.36. The third-order valence-electron chi connectivity index (χ3n) is 4.62. The topological polar surface area (TPSA) is 68.5 Å². The van der Waals surface area contributed by atoms with Gasteiger partial charge in [0, 0.05) is 18.0 Å². The first kappa shape index (κ1) is 19.0. The van der Waals surface area contributed by atoms with E-state index in [0.717, 1.165) is 29.8 Å². The highest BCUT2D eigenvalue weighted by molar-refractivity contribution is 7.99. The fourth-order valence-electron chi connectivity index (χ4n) is 3.03. The fourth-order valence-corrected chi connectivity index (χ4v) is 4.61. The van der Waals surface area contributed by atoms with Crippen LogP contribution in [0, 0.1) is 13.8 Å². The van der Waals surface area contributed by atoms with Crippen molar-refractivity contribution in [1.82, 2.24) is 15.1 Å². The SMILES string of the molecule is Cc1ccc(C)c(OCc2nnc(SCC(=O)N3CCc4sccc4C3)o2)c1. The van der Waals surface area contributed by atoms with Crippen molar-refractivity contribution in [3.05, 3.63) is 57.1 Å². The van der Waals surface area contributed by atoms with Gasteiger partial charge in [-0.25, -0.2) is 0 Å². The Morgan fingerprint density at radius 3 is 3.11 bits per heavy atom. The molecule has 28 heavy (non-hydrogen) atoms. The first-order valence-corrected chi connectivity index (χ1v) is 10.9. The number of amides is 1. The number of carbonyl (C=O) groups is 1. The van der Waals surface area contributed by atoms with Gasteiger partial charge in [0.15, 0.2) is 6.61 Å². The molecular weight excluding hydrogens is 394 g/mol. The lowest BCUT2D eigenvalue weighted by Gasteiger charge is -2.26. The van der Waals surface area contributed by atoms with Crippen LogP contribution in [0.25, 0.3) is 0 Å². The third kappa shape index (κ3) is 4.39. The van der Waals surface area contributed by atoms with Gasteiger partial charge in [-0.2, -0.15) is 0 Å². The van der Waals surface area contributed by atoms with Crippen LogP contribution in [0.4, 0.5) is 0 Å². The number of benzene rings is 1. The van der Waals surface area contributed by atoms with Crippen molar-refractivity contribution in [3.8, 4) is 5.75 Å². The summed E-state index contributed by atoms with van der Waals surface area (Å²) in [5, 5.41) is 10.5. The summed E-state index contributed by atoms with van der Waals surface area (Å²) in [5.41, 5.74) is 3.45. The molecule has 1 aromatic carbocycles. The second-order valence-electron chi connectivity index (χ2n) is 6.74. The fraction of sp³-hybridized carbons (Fsp3) is 0.350. The monoisotopic (exact) mass is 415 g/mol. The molecule has 1 amide bonds. The molecule has 0 bridgehead atoms. The van der Waals surface area contributed by atoms with Crippen molar-refractivity contribution >= 4 is 29.0 Å². The minimum Gasteiger partial charge on any atom is -0.484 e. The molecule has 0 saturated heterocycles. The van der Waals surface area contributed by atoms with Gasteiger partial charge >= 0.3 is 0 Å². The maximum Gasteiger partial charge on any atom is 0.277 e. The molecule has 0 aliphatic carbocycles. The molecular formula is C20H21N3O3S2. The summed E-state index contributed by atoms with van der Waals surface area (Å²) in [4.78, 5) is 15.8. The minimum absolute atomic E-state index is 0.0910. The van der Waals surface area contributed by atoms with Gasteiger partial charge in [0.25, 0.3) is 11.1 Å². The normalized spacial score (nSPS) is 13.4. The van der Waals surface area contributed by atoms with Crippen LogP contribution in [0.5, 0.6) is 5.75 Å². The first-order chi connectivity index (χ1) is 13.6. The van der Waals surface area contributed by atoms with Gasteiger partial charge in [-0.15, -0.1) is 21.5 Å². The Labute approximate surface area is 171 Å². The second-order valence-corrected chi connectivity index (χ2v) is 8.67. The average Bonchev–Trinajstić information content (AvgIpc) is 3.35. The number of hydrogen-bond acceptors (Lipinski definition) is 7. The predicted octanol–water partition coefficient (Wildman–Crippen LogP) is 4.00.